The van der Waals surface area contributed by atoms with E-state index in [0.29, 0.717) is 30.5 Å². The number of thioether (sulfide) groups is 1. The molecule has 0 amide bonds. The Bertz CT molecular complexity index is 1380. The van der Waals surface area contributed by atoms with E-state index < -0.39 is 11.8 Å². The Hall–Kier alpha value is -3.22. The predicted molar refractivity (Wildman–Crippen MR) is 129 cm³/mol. The zero-order valence-corrected chi connectivity index (χ0v) is 18.2. The molecular weight excluding hydrogens is 420 g/mol. The molecule has 0 bridgehead atoms. The van der Waals surface area contributed by atoms with Crippen LogP contribution in [-0.2, 0) is 22.6 Å². The van der Waals surface area contributed by atoms with Crippen molar-refractivity contribution >= 4 is 45.5 Å². The highest BCUT2D eigenvalue weighted by Gasteiger charge is 2.33. The first-order valence-electron chi connectivity index (χ1n) is 10.6. The summed E-state index contributed by atoms with van der Waals surface area (Å²) in [4.78, 5) is 36.3. The number of hydrogen-bond acceptors (Lipinski definition) is 5. The topological polar surface area (TPSA) is 68.2 Å². The molecule has 3 aromatic carbocycles. The summed E-state index contributed by atoms with van der Waals surface area (Å²) in [5, 5.41) is 5.77. The Morgan fingerprint density at radius 2 is 1.72 bits per heavy atom. The van der Waals surface area contributed by atoms with Crippen molar-refractivity contribution in [1.29, 1.82) is 0 Å². The van der Waals surface area contributed by atoms with Crippen molar-refractivity contribution in [2.45, 2.75) is 24.3 Å². The summed E-state index contributed by atoms with van der Waals surface area (Å²) in [6.07, 6.45) is 1.08. The van der Waals surface area contributed by atoms with Crippen LogP contribution < -0.4 is 10.9 Å². The summed E-state index contributed by atoms with van der Waals surface area (Å²) in [5.74, 6) is 0.255. The van der Waals surface area contributed by atoms with Crippen LogP contribution >= 0.6 is 11.8 Å². The first kappa shape index (κ1) is 20.7. The molecule has 0 aliphatic carbocycles. The number of nitrogens with zero attached hydrogens (tertiary/aromatic N) is 1. The number of benzene rings is 3. The van der Waals surface area contributed by atoms with Gasteiger partial charge in [0.25, 0.3) is 5.56 Å². The number of nitrogens with one attached hydrogen (secondary N) is 1. The monoisotopic (exact) mass is 442 g/mol. The minimum Gasteiger partial charge on any atom is -0.303 e. The minimum absolute atomic E-state index is 0.00287. The van der Waals surface area contributed by atoms with Crippen LogP contribution in [0.3, 0.4) is 0 Å². The zero-order chi connectivity index (χ0) is 22.1. The molecule has 1 aromatic heterocycles. The molecule has 5 nitrogen and oxygen atoms in total. The number of hydrogen-bond donors (Lipinski definition) is 1. The molecule has 4 aromatic rings. The van der Waals surface area contributed by atoms with Crippen molar-refractivity contribution in [3.8, 4) is 0 Å². The second kappa shape index (κ2) is 8.73. The van der Waals surface area contributed by atoms with Gasteiger partial charge in [-0.1, -0.05) is 54.6 Å². The smallest absolute Gasteiger partial charge is 0.259 e. The molecule has 160 valence electrons. The van der Waals surface area contributed by atoms with Gasteiger partial charge in [0.1, 0.15) is 0 Å². The van der Waals surface area contributed by atoms with Crippen LogP contribution in [0.5, 0.6) is 0 Å². The van der Waals surface area contributed by atoms with E-state index in [1.165, 1.54) is 0 Å². The van der Waals surface area contributed by atoms with Crippen LogP contribution in [0.4, 0.5) is 0 Å². The highest BCUT2D eigenvalue weighted by Crippen LogP contribution is 2.29. The van der Waals surface area contributed by atoms with Gasteiger partial charge in [-0.2, -0.15) is 0 Å². The van der Waals surface area contributed by atoms with Crippen molar-refractivity contribution < 1.29 is 9.59 Å². The number of carbonyl (C=O) groups excluding carboxylic acids is 2. The van der Waals surface area contributed by atoms with Gasteiger partial charge in [0, 0.05) is 21.9 Å². The quantitative estimate of drug-likeness (QED) is 0.281. The molecule has 5 rings (SSSR count). The van der Waals surface area contributed by atoms with Crippen LogP contribution in [-0.4, -0.2) is 33.8 Å². The van der Waals surface area contributed by atoms with Gasteiger partial charge in [-0.15, -0.1) is 11.8 Å². The van der Waals surface area contributed by atoms with Crippen LogP contribution in [0.25, 0.3) is 21.7 Å². The molecular formula is C26H22N2O3S. The Labute approximate surface area is 189 Å². The molecule has 32 heavy (non-hydrogen) atoms. The third-order valence-corrected chi connectivity index (χ3v) is 7.26. The van der Waals surface area contributed by atoms with E-state index in [9.17, 15) is 14.4 Å². The third kappa shape index (κ3) is 3.76. The van der Waals surface area contributed by atoms with Crippen molar-refractivity contribution in [1.82, 2.24) is 9.88 Å². The fraction of sp³-hybridized carbons (Fsp3) is 0.192. The van der Waals surface area contributed by atoms with Gasteiger partial charge in [0.05, 0.1) is 18.1 Å². The molecule has 1 saturated heterocycles. The second-order valence-corrected chi connectivity index (χ2v) is 9.26. The van der Waals surface area contributed by atoms with E-state index in [-0.39, 0.29) is 10.8 Å². The SMILES string of the molecule is O=CC(=O)C1NCSC1Cc1ccc2c(c1)c1ccccc1c(=O)n2Cc1ccccc1. The number of rotatable bonds is 6. The predicted octanol–water partition coefficient (Wildman–Crippen LogP) is 3.54. The number of carbonyl (C=O) groups is 2. The summed E-state index contributed by atoms with van der Waals surface area (Å²) in [6.45, 7) is 0.499. The molecule has 1 fully saturated rings. The second-order valence-electron chi connectivity index (χ2n) is 8.03. The first-order chi connectivity index (χ1) is 15.7. The lowest BCUT2D eigenvalue weighted by Gasteiger charge is -2.17. The largest absolute Gasteiger partial charge is 0.303 e. The maximum atomic E-state index is 13.3. The molecule has 0 spiro atoms. The van der Waals surface area contributed by atoms with Crippen LogP contribution in [0, 0.1) is 0 Å². The summed E-state index contributed by atoms with van der Waals surface area (Å²) >= 11 is 1.66. The van der Waals surface area contributed by atoms with E-state index in [1.54, 1.807) is 11.8 Å². The number of aldehydes is 1. The molecule has 0 saturated carbocycles. The van der Waals surface area contributed by atoms with E-state index >= 15 is 0 Å². The lowest BCUT2D eigenvalue weighted by atomic mass is 9.98. The average Bonchev–Trinajstić information content (AvgIpc) is 3.30. The first-order valence-corrected chi connectivity index (χ1v) is 11.6. The normalized spacial score (nSPS) is 18.2. The highest BCUT2D eigenvalue weighted by atomic mass is 32.2. The van der Waals surface area contributed by atoms with Gasteiger partial charge in [0.2, 0.25) is 5.78 Å². The summed E-state index contributed by atoms with van der Waals surface area (Å²) < 4.78 is 1.83. The van der Waals surface area contributed by atoms with Crippen molar-refractivity contribution in [3.63, 3.8) is 0 Å². The van der Waals surface area contributed by atoms with E-state index in [4.69, 9.17) is 0 Å². The van der Waals surface area contributed by atoms with Crippen LogP contribution in [0.2, 0.25) is 0 Å². The number of Topliss-reactive ketones (excluding diaryl/α,β-unsaturated/α-hetero) is 1. The number of fused-ring (bicyclic) bond motifs is 3. The van der Waals surface area contributed by atoms with Gasteiger partial charge in [-0.05, 0) is 41.1 Å². The Kier molecular flexibility index (Phi) is 5.64. The standard InChI is InChI=1S/C26H22N2O3S/c29-15-23(30)25-24(32-16-27-25)13-18-10-11-22-21(12-18)19-8-4-5-9-20(19)26(31)28(22)14-17-6-2-1-3-7-17/h1-12,15,24-25,27H,13-14,16H2. The molecule has 2 unspecified atom stereocenters. The Morgan fingerprint density at radius 3 is 2.50 bits per heavy atom. The molecule has 0 radical (unpaired) electrons. The van der Waals surface area contributed by atoms with E-state index in [1.807, 2.05) is 71.3 Å². The lowest BCUT2D eigenvalue weighted by molar-refractivity contribution is -0.131. The van der Waals surface area contributed by atoms with Crippen molar-refractivity contribution in [2.24, 2.45) is 0 Å². The Balaban J connectivity index is 1.61. The number of pyridine rings is 1. The van der Waals surface area contributed by atoms with Gasteiger partial charge in [-0.25, -0.2) is 0 Å². The third-order valence-electron chi connectivity index (χ3n) is 6.06. The summed E-state index contributed by atoms with van der Waals surface area (Å²) in [6, 6.07) is 23.4. The van der Waals surface area contributed by atoms with Gasteiger partial charge in [-0.3, -0.25) is 19.7 Å². The van der Waals surface area contributed by atoms with Gasteiger partial charge >= 0.3 is 0 Å². The maximum absolute atomic E-state index is 13.3. The number of ketones is 1. The zero-order valence-electron chi connectivity index (χ0n) is 17.4. The van der Waals surface area contributed by atoms with Crippen molar-refractivity contribution in [2.75, 3.05) is 5.88 Å². The highest BCUT2D eigenvalue weighted by molar-refractivity contribution is 8.00. The molecule has 2 atom stereocenters. The fourth-order valence-electron chi connectivity index (χ4n) is 4.48. The molecule has 1 aliphatic heterocycles. The Morgan fingerprint density at radius 1 is 0.969 bits per heavy atom. The fourth-order valence-corrected chi connectivity index (χ4v) is 5.71. The summed E-state index contributed by atoms with van der Waals surface area (Å²) in [7, 11) is 0. The number of aromatic nitrogens is 1. The summed E-state index contributed by atoms with van der Waals surface area (Å²) in [5.41, 5.74) is 3.03. The molecule has 2 heterocycles. The molecule has 6 heteroatoms. The van der Waals surface area contributed by atoms with Gasteiger partial charge < -0.3 is 4.57 Å². The average molecular weight is 443 g/mol. The lowest BCUT2D eigenvalue weighted by Crippen LogP contribution is -2.39. The minimum atomic E-state index is -0.447. The van der Waals surface area contributed by atoms with Crippen molar-refractivity contribution in [3.05, 3.63) is 94.3 Å². The van der Waals surface area contributed by atoms with Crippen LogP contribution in [0.15, 0.2) is 77.6 Å². The maximum Gasteiger partial charge on any atom is 0.259 e. The molecule has 1 aliphatic rings. The van der Waals surface area contributed by atoms with E-state index in [2.05, 4.69) is 11.4 Å². The van der Waals surface area contributed by atoms with E-state index in [0.717, 1.165) is 27.4 Å². The van der Waals surface area contributed by atoms with Gasteiger partial charge in [0.15, 0.2) is 6.29 Å². The van der Waals surface area contributed by atoms with Crippen LogP contribution in [0.1, 0.15) is 11.1 Å². The molecule has 1 N–H and O–H groups in total.